The van der Waals surface area contributed by atoms with Crippen molar-refractivity contribution in [3.05, 3.63) is 41.5 Å². The Morgan fingerprint density at radius 1 is 0.903 bits per heavy atom. The minimum atomic E-state index is -0.628. The van der Waals surface area contributed by atoms with Crippen molar-refractivity contribution in [2.75, 3.05) is 47.0 Å². The third-order valence-corrected chi connectivity index (χ3v) is 4.46. The Hall–Kier alpha value is -3.88. The summed E-state index contributed by atoms with van der Waals surface area (Å²) in [5.41, 5.74) is 1.03. The van der Waals surface area contributed by atoms with E-state index >= 15 is 0 Å². The first kappa shape index (κ1) is 21.8. The molecular formula is C22H23NO8. The Balaban J connectivity index is 1.85. The second-order valence-electron chi connectivity index (χ2n) is 6.31. The standard InChI is InChI=1S/C22H23NO8/c1-26-16-11-14(22(25)29-4)15(12-17(16)27-2)23-20(24)6-5-13-9-18(28-3)21-19(10-13)30-7-8-31-21/h5-6,9-12H,7-8H2,1-4H3,(H,23,24)/b6-5+. The fourth-order valence-electron chi connectivity index (χ4n) is 3.00. The number of benzene rings is 2. The molecule has 3 rings (SSSR count). The van der Waals surface area contributed by atoms with Gasteiger partial charge >= 0.3 is 5.97 Å². The largest absolute Gasteiger partial charge is 0.493 e. The van der Waals surface area contributed by atoms with Crippen molar-refractivity contribution in [1.82, 2.24) is 0 Å². The molecule has 31 heavy (non-hydrogen) atoms. The molecule has 0 spiro atoms. The average molecular weight is 429 g/mol. The van der Waals surface area contributed by atoms with Crippen molar-refractivity contribution < 1.29 is 38.0 Å². The minimum Gasteiger partial charge on any atom is -0.493 e. The number of anilines is 1. The van der Waals surface area contributed by atoms with Gasteiger partial charge in [-0.25, -0.2) is 4.79 Å². The highest BCUT2D eigenvalue weighted by molar-refractivity contribution is 6.07. The van der Waals surface area contributed by atoms with E-state index in [1.54, 1.807) is 18.2 Å². The van der Waals surface area contributed by atoms with Crippen LogP contribution in [0, 0.1) is 0 Å². The molecule has 9 nitrogen and oxygen atoms in total. The van der Waals surface area contributed by atoms with E-state index in [-0.39, 0.29) is 11.3 Å². The predicted molar refractivity (Wildman–Crippen MR) is 113 cm³/mol. The third-order valence-electron chi connectivity index (χ3n) is 4.46. The Morgan fingerprint density at radius 2 is 1.58 bits per heavy atom. The minimum absolute atomic E-state index is 0.128. The topological polar surface area (TPSA) is 102 Å². The van der Waals surface area contributed by atoms with Crippen LogP contribution in [-0.2, 0) is 9.53 Å². The summed E-state index contributed by atoms with van der Waals surface area (Å²) in [6.45, 7) is 0.869. The van der Waals surface area contributed by atoms with Gasteiger partial charge in [-0.3, -0.25) is 4.79 Å². The summed E-state index contributed by atoms with van der Waals surface area (Å²) in [4.78, 5) is 24.7. The molecule has 9 heteroatoms. The van der Waals surface area contributed by atoms with Crippen molar-refractivity contribution in [3.8, 4) is 28.7 Å². The highest BCUT2D eigenvalue weighted by atomic mass is 16.6. The molecule has 0 aliphatic carbocycles. The quantitative estimate of drug-likeness (QED) is 0.530. The number of ether oxygens (including phenoxy) is 6. The Morgan fingerprint density at radius 3 is 2.26 bits per heavy atom. The summed E-state index contributed by atoms with van der Waals surface area (Å²) in [6, 6.07) is 6.41. The van der Waals surface area contributed by atoms with Crippen molar-refractivity contribution in [2.45, 2.75) is 0 Å². The summed E-state index contributed by atoms with van der Waals surface area (Å²) in [7, 11) is 5.68. The van der Waals surface area contributed by atoms with E-state index in [2.05, 4.69) is 5.32 Å². The average Bonchev–Trinajstić information content (AvgIpc) is 2.81. The van der Waals surface area contributed by atoms with Crippen LogP contribution in [0.1, 0.15) is 15.9 Å². The normalized spacial score (nSPS) is 12.3. The molecule has 0 aromatic heterocycles. The number of nitrogens with one attached hydrogen (secondary N) is 1. The zero-order chi connectivity index (χ0) is 22.4. The maximum absolute atomic E-state index is 12.5. The highest BCUT2D eigenvalue weighted by Gasteiger charge is 2.20. The first-order chi connectivity index (χ1) is 15.0. The molecule has 1 aliphatic heterocycles. The van der Waals surface area contributed by atoms with E-state index < -0.39 is 11.9 Å². The number of hydrogen-bond donors (Lipinski definition) is 1. The van der Waals surface area contributed by atoms with Crippen molar-refractivity contribution in [3.63, 3.8) is 0 Å². The van der Waals surface area contributed by atoms with E-state index in [4.69, 9.17) is 28.4 Å². The number of amides is 1. The van der Waals surface area contributed by atoms with E-state index in [1.165, 1.54) is 46.6 Å². The molecule has 2 aromatic rings. The first-order valence-corrected chi connectivity index (χ1v) is 9.31. The molecular weight excluding hydrogens is 406 g/mol. The van der Waals surface area contributed by atoms with Crippen LogP contribution >= 0.6 is 0 Å². The third kappa shape index (κ3) is 4.82. The van der Waals surface area contributed by atoms with E-state index in [0.717, 1.165) is 0 Å². The van der Waals surface area contributed by atoms with E-state index in [1.807, 2.05) is 0 Å². The van der Waals surface area contributed by atoms with Gasteiger partial charge in [-0.15, -0.1) is 0 Å². The molecule has 1 aliphatic rings. The monoisotopic (exact) mass is 429 g/mol. The first-order valence-electron chi connectivity index (χ1n) is 9.31. The molecule has 0 radical (unpaired) electrons. The summed E-state index contributed by atoms with van der Waals surface area (Å²) in [5, 5.41) is 2.66. The van der Waals surface area contributed by atoms with Crippen molar-refractivity contribution >= 4 is 23.6 Å². The van der Waals surface area contributed by atoms with Crippen LogP contribution in [0.15, 0.2) is 30.3 Å². The zero-order valence-corrected chi connectivity index (χ0v) is 17.6. The van der Waals surface area contributed by atoms with Gasteiger partial charge in [0.15, 0.2) is 23.0 Å². The van der Waals surface area contributed by atoms with Gasteiger partial charge in [-0.05, 0) is 23.8 Å². The van der Waals surface area contributed by atoms with Gasteiger partial charge in [0.05, 0.1) is 39.7 Å². The lowest BCUT2D eigenvalue weighted by atomic mass is 10.1. The van der Waals surface area contributed by atoms with Gasteiger partial charge in [0, 0.05) is 18.2 Å². The number of rotatable bonds is 7. The maximum Gasteiger partial charge on any atom is 0.340 e. The fourth-order valence-corrected chi connectivity index (χ4v) is 3.00. The van der Waals surface area contributed by atoms with Crippen molar-refractivity contribution in [2.24, 2.45) is 0 Å². The molecule has 0 fully saturated rings. The van der Waals surface area contributed by atoms with Crippen LogP contribution in [0.5, 0.6) is 28.7 Å². The van der Waals surface area contributed by atoms with Crippen molar-refractivity contribution in [1.29, 1.82) is 0 Å². The van der Waals surface area contributed by atoms with Gasteiger partial charge in [-0.2, -0.15) is 0 Å². The summed E-state index contributed by atoms with van der Waals surface area (Å²) in [6.07, 6.45) is 2.91. The molecule has 0 unspecified atom stereocenters. The van der Waals surface area contributed by atoms with Gasteiger partial charge in [-0.1, -0.05) is 0 Å². The predicted octanol–water partition coefficient (Wildman–Crippen LogP) is 2.92. The fraction of sp³-hybridized carbons (Fsp3) is 0.273. The maximum atomic E-state index is 12.5. The molecule has 0 atom stereocenters. The van der Waals surface area contributed by atoms with Crippen LogP contribution < -0.4 is 29.0 Å². The van der Waals surface area contributed by atoms with Crippen LogP contribution in [0.3, 0.4) is 0 Å². The molecule has 0 saturated heterocycles. The molecule has 1 N–H and O–H groups in total. The SMILES string of the molecule is COC(=O)c1cc(OC)c(OC)cc1NC(=O)/C=C/c1cc(OC)c2c(c1)OCCO2. The van der Waals surface area contributed by atoms with Crippen LogP contribution in [0.4, 0.5) is 5.69 Å². The molecule has 2 aromatic carbocycles. The second kappa shape index (κ2) is 9.75. The lowest BCUT2D eigenvalue weighted by Crippen LogP contribution is -2.16. The van der Waals surface area contributed by atoms with Crippen LogP contribution in [0.25, 0.3) is 6.08 Å². The van der Waals surface area contributed by atoms with Gasteiger partial charge in [0.2, 0.25) is 11.7 Å². The number of methoxy groups -OCH3 is 4. The molecule has 1 heterocycles. The summed E-state index contributed by atoms with van der Waals surface area (Å²) >= 11 is 0. The number of esters is 1. The zero-order valence-electron chi connectivity index (χ0n) is 17.6. The number of carbonyl (C=O) groups is 2. The Kier molecular flexibility index (Phi) is 6.86. The van der Waals surface area contributed by atoms with E-state index in [0.29, 0.717) is 47.5 Å². The van der Waals surface area contributed by atoms with Gasteiger partial charge < -0.3 is 33.7 Å². The second-order valence-corrected chi connectivity index (χ2v) is 6.31. The van der Waals surface area contributed by atoms with Crippen LogP contribution in [0.2, 0.25) is 0 Å². The summed E-state index contributed by atoms with van der Waals surface area (Å²) in [5.74, 6) is 1.17. The van der Waals surface area contributed by atoms with Gasteiger partial charge in [0.25, 0.3) is 0 Å². The highest BCUT2D eigenvalue weighted by Crippen LogP contribution is 2.40. The lowest BCUT2D eigenvalue weighted by molar-refractivity contribution is -0.111. The molecule has 0 saturated carbocycles. The lowest BCUT2D eigenvalue weighted by Gasteiger charge is -2.20. The Labute approximate surface area is 179 Å². The number of carbonyl (C=O) groups excluding carboxylic acids is 2. The number of hydrogen-bond acceptors (Lipinski definition) is 8. The molecule has 164 valence electrons. The van der Waals surface area contributed by atoms with E-state index in [9.17, 15) is 9.59 Å². The van der Waals surface area contributed by atoms with Crippen LogP contribution in [-0.4, -0.2) is 53.5 Å². The molecule has 0 bridgehead atoms. The molecule has 1 amide bonds. The smallest absolute Gasteiger partial charge is 0.340 e. The number of fused-ring (bicyclic) bond motifs is 1. The Bertz CT molecular complexity index is 998. The summed E-state index contributed by atoms with van der Waals surface area (Å²) < 4.78 is 31.8. The van der Waals surface area contributed by atoms with Gasteiger partial charge in [0.1, 0.15) is 13.2 Å².